The first-order valence-electron chi connectivity index (χ1n) is 10.6. The number of carbonyl (C=O) groups is 1. The molecule has 1 N–H and O–H groups in total. The van der Waals surface area contributed by atoms with Crippen LogP contribution in [0.2, 0.25) is 0 Å². The maximum absolute atomic E-state index is 14.6. The fraction of sp³-hybridized carbons (Fsp3) is 0.240. The summed E-state index contributed by atoms with van der Waals surface area (Å²) in [6.07, 6.45) is 2.23. The van der Waals surface area contributed by atoms with E-state index in [1.165, 1.54) is 12.1 Å². The summed E-state index contributed by atoms with van der Waals surface area (Å²) < 4.78 is 25.7. The average Bonchev–Trinajstić information content (AvgIpc) is 2.82. The van der Waals surface area contributed by atoms with E-state index in [0.29, 0.717) is 42.4 Å². The number of benzene rings is 2. The van der Waals surface area contributed by atoms with E-state index in [1.54, 1.807) is 36.5 Å². The molecule has 2 aromatic carbocycles. The minimum Gasteiger partial charge on any atom is -0.454 e. The van der Waals surface area contributed by atoms with Gasteiger partial charge in [-0.1, -0.05) is 12.1 Å². The molecule has 168 valence electrons. The maximum atomic E-state index is 14.6. The number of hydrogen-bond acceptors (Lipinski definition) is 6. The summed E-state index contributed by atoms with van der Waals surface area (Å²) >= 11 is 0. The molecule has 0 saturated carbocycles. The largest absolute Gasteiger partial charge is 0.454 e. The Hall–Kier alpha value is -3.96. The molecule has 0 spiro atoms. The molecule has 1 fully saturated rings. The van der Waals surface area contributed by atoms with E-state index < -0.39 is 5.82 Å². The third-order valence-electron chi connectivity index (χ3n) is 5.38. The molecule has 7 nitrogen and oxygen atoms in total. The van der Waals surface area contributed by atoms with Crippen molar-refractivity contribution in [2.45, 2.75) is 19.4 Å². The Kier molecular flexibility index (Phi) is 6.81. The third-order valence-corrected chi connectivity index (χ3v) is 5.38. The summed E-state index contributed by atoms with van der Waals surface area (Å²) in [5, 5.41) is 12.1. The lowest BCUT2D eigenvalue weighted by Crippen LogP contribution is -2.50. The number of likely N-dealkylation sites (N-methyl/N-ethyl adjacent to an activating group) is 1. The Morgan fingerprint density at radius 2 is 2.09 bits per heavy atom. The van der Waals surface area contributed by atoms with Gasteiger partial charge in [-0.05, 0) is 55.3 Å². The number of halogens is 1. The second-order valence-electron chi connectivity index (χ2n) is 7.58. The molecule has 1 unspecified atom stereocenters. The summed E-state index contributed by atoms with van der Waals surface area (Å²) in [4.78, 5) is 17.9. The molecule has 4 rings (SSSR count). The summed E-state index contributed by atoms with van der Waals surface area (Å²) in [5.41, 5.74) is 1.85. The van der Waals surface area contributed by atoms with Crippen LogP contribution in [0.3, 0.4) is 0 Å². The van der Waals surface area contributed by atoms with Crippen molar-refractivity contribution in [2.24, 2.45) is 0 Å². The molecule has 0 bridgehead atoms. The lowest BCUT2D eigenvalue weighted by atomic mass is 10.0. The van der Waals surface area contributed by atoms with Gasteiger partial charge in [0.15, 0.2) is 11.6 Å². The summed E-state index contributed by atoms with van der Waals surface area (Å²) in [5.74, 6) is 0.399. The number of anilines is 2. The van der Waals surface area contributed by atoms with Gasteiger partial charge >= 0.3 is 0 Å². The van der Waals surface area contributed by atoms with Gasteiger partial charge in [0.05, 0.1) is 18.2 Å². The topological polar surface area (TPSA) is 87.5 Å². The number of ether oxygens (including phenoxy) is 2. The lowest BCUT2D eigenvalue weighted by Gasteiger charge is -2.34. The smallest absolute Gasteiger partial charge is 0.248 e. The van der Waals surface area contributed by atoms with Gasteiger partial charge < -0.3 is 19.7 Å². The average molecular weight is 446 g/mol. The summed E-state index contributed by atoms with van der Waals surface area (Å²) in [7, 11) is 0. The minimum atomic E-state index is -0.546. The lowest BCUT2D eigenvalue weighted by molar-refractivity contribution is -0.147. The van der Waals surface area contributed by atoms with Crippen molar-refractivity contribution in [3.8, 4) is 17.6 Å². The molecule has 1 atom stereocenters. The highest BCUT2D eigenvalue weighted by atomic mass is 19.1. The van der Waals surface area contributed by atoms with Gasteiger partial charge in [-0.2, -0.15) is 5.26 Å². The zero-order valence-corrected chi connectivity index (χ0v) is 18.1. The number of nitriles is 1. The zero-order valence-electron chi connectivity index (χ0n) is 18.1. The van der Waals surface area contributed by atoms with Crippen LogP contribution in [-0.2, 0) is 16.0 Å². The van der Waals surface area contributed by atoms with E-state index in [4.69, 9.17) is 14.7 Å². The monoisotopic (exact) mass is 446 g/mol. The van der Waals surface area contributed by atoms with E-state index in [1.807, 2.05) is 30.0 Å². The number of pyridine rings is 1. The van der Waals surface area contributed by atoms with Crippen LogP contribution in [-0.4, -0.2) is 41.6 Å². The molecular formula is C25H23FN4O3. The number of nitrogens with zero attached hydrogens (tertiary/aromatic N) is 3. The van der Waals surface area contributed by atoms with Crippen LogP contribution in [0.1, 0.15) is 18.1 Å². The highest BCUT2D eigenvalue weighted by Gasteiger charge is 2.27. The van der Waals surface area contributed by atoms with Crippen molar-refractivity contribution >= 4 is 17.4 Å². The van der Waals surface area contributed by atoms with Crippen molar-refractivity contribution in [2.75, 3.05) is 25.1 Å². The molecule has 1 aliphatic rings. The fourth-order valence-corrected chi connectivity index (χ4v) is 3.75. The minimum absolute atomic E-state index is 0.00107. The van der Waals surface area contributed by atoms with Crippen LogP contribution < -0.4 is 10.1 Å². The number of carbonyl (C=O) groups excluding carboxylic acids is 1. The Balaban J connectivity index is 1.41. The Morgan fingerprint density at radius 1 is 1.27 bits per heavy atom. The molecule has 1 amide bonds. The normalized spacial score (nSPS) is 15.7. The standard InChI is InChI=1S/C25H23FN4O3/c1-2-30-20(15-32-16-24(30)31)12-17-5-8-21(9-6-17)33-23-10-7-19(13-22(23)26)29-25-18(14-27)4-3-11-28-25/h3-11,13,20H,2,12,15-16H2,1H3,(H,28,29). The van der Waals surface area contributed by atoms with Crippen molar-refractivity contribution in [3.63, 3.8) is 0 Å². The van der Waals surface area contributed by atoms with Gasteiger partial charge in [-0.25, -0.2) is 9.37 Å². The number of aromatic nitrogens is 1. The van der Waals surface area contributed by atoms with Crippen LogP contribution in [0.15, 0.2) is 60.8 Å². The second-order valence-corrected chi connectivity index (χ2v) is 7.58. The van der Waals surface area contributed by atoms with Gasteiger partial charge in [0.25, 0.3) is 0 Å². The van der Waals surface area contributed by atoms with Crippen molar-refractivity contribution in [1.82, 2.24) is 9.88 Å². The van der Waals surface area contributed by atoms with Crippen LogP contribution in [0.5, 0.6) is 11.5 Å². The Labute approximate surface area is 191 Å². The maximum Gasteiger partial charge on any atom is 0.248 e. The quantitative estimate of drug-likeness (QED) is 0.578. The number of nitrogens with one attached hydrogen (secondary N) is 1. The molecule has 2 heterocycles. The fourth-order valence-electron chi connectivity index (χ4n) is 3.75. The Morgan fingerprint density at radius 3 is 2.82 bits per heavy atom. The van der Waals surface area contributed by atoms with Crippen molar-refractivity contribution < 1.29 is 18.7 Å². The summed E-state index contributed by atoms with van der Waals surface area (Å²) in [6.45, 7) is 3.26. The number of hydrogen-bond donors (Lipinski definition) is 1. The van der Waals surface area contributed by atoms with Crippen LogP contribution in [0.4, 0.5) is 15.9 Å². The molecular weight excluding hydrogens is 423 g/mol. The van der Waals surface area contributed by atoms with Gasteiger partial charge in [0.1, 0.15) is 24.2 Å². The molecule has 0 aliphatic carbocycles. The zero-order chi connectivity index (χ0) is 23.2. The SMILES string of the molecule is CCN1C(=O)COCC1Cc1ccc(Oc2ccc(Nc3ncccc3C#N)cc2F)cc1. The van der Waals surface area contributed by atoms with E-state index in [-0.39, 0.29) is 24.3 Å². The van der Waals surface area contributed by atoms with Crippen LogP contribution >= 0.6 is 0 Å². The number of morpholine rings is 1. The van der Waals surface area contributed by atoms with E-state index in [9.17, 15) is 9.18 Å². The van der Waals surface area contributed by atoms with Gasteiger partial charge in [-0.3, -0.25) is 4.79 Å². The highest BCUT2D eigenvalue weighted by Crippen LogP contribution is 2.29. The van der Waals surface area contributed by atoms with Crippen molar-refractivity contribution in [1.29, 1.82) is 5.26 Å². The van der Waals surface area contributed by atoms with Crippen LogP contribution in [0.25, 0.3) is 0 Å². The first-order valence-corrected chi connectivity index (χ1v) is 10.6. The summed E-state index contributed by atoms with van der Waals surface area (Å²) in [6, 6.07) is 17.2. The van der Waals surface area contributed by atoms with E-state index in [0.717, 1.165) is 5.56 Å². The van der Waals surface area contributed by atoms with Gasteiger partial charge in [-0.15, -0.1) is 0 Å². The van der Waals surface area contributed by atoms with Crippen LogP contribution in [0, 0.1) is 17.1 Å². The van der Waals surface area contributed by atoms with E-state index in [2.05, 4.69) is 10.3 Å². The predicted octanol–water partition coefficient (Wildman–Crippen LogP) is 4.42. The predicted molar refractivity (Wildman–Crippen MR) is 121 cm³/mol. The molecule has 0 radical (unpaired) electrons. The molecule has 3 aromatic rings. The number of amides is 1. The Bertz CT molecular complexity index is 1180. The van der Waals surface area contributed by atoms with E-state index >= 15 is 0 Å². The molecule has 1 saturated heterocycles. The second kappa shape index (κ2) is 10.1. The first kappa shape index (κ1) is 22.2. The number of rotatable bonds is 7. The molecule has 1 aromatic heterocycles. The molecule has 33 heavy (non-hydrogen) atoms. The van der Waals surface area contributed by atoms with Gasteiger partial charge in [0.2, 0.25) is 5.91 Å². The third kappa shape index (κ3) is 5.27. The molecule has 8 heteroatoms. The highest BCUT2D eigenvalue weighted by molar-refractivity contribution is 5.78. The molecule has 1 aliphatic heterocycles. The van der Waals surface area contributed by atoms with Crippen molar-refractivity contribution in [3.05, 3.63) is 77.7 Å². The first-order chi connectivity index (χ1) is 16.1. The van der Waals surface area contributed by atoms with Gasteiger partial charge in [0, 0.05) is 24.5 Å².